The predicted octanol–water partition coefficient (Wildman–Crippen LogP) is 1.62. The maximum atomic E-state index is 12.8. The molecule has 3 atom stereocenters. The van der Waals surface area contributed by atoms with E-state index in [-0.39, 0.29) is 11.9 Å². The molecule has 2 saturated heterocycles. The Balaban J connectivity index is 1.51. The van der Waals surface area contributed by atoms with Crippen LogP contribution in [-0.2, 0) is 11.3 Å². The molecule has 2 aliphatic heterocycles. The van der Waals surface area contributed by atoms with Crippen molar-refractivity contribution in [2.75, 3.05) is 6.54 Å². The van der Waals surface area contributed by atoms with Gasteiger partial charge in [-0.05, 0) is 43.9 Å². The smallest absolute Gasteiger partial charge is 0.308 e. The summed E-state index contributed by atoms with van der Waals surface area (Å²) in [5.74, 6) is -0.181. The molecule has 2 aliphatic carbocycles. The molecule has 2 bridgehead atoms. The molecule has 3 heterocycles. The number of fused-ring (bicyclic) bond motifs is 3. The van der Waals surface area contributed by atoms with Gasteiger partial charge in [0.1, 0.15) is 0 Å². The number of hydrogen-bond donors (Lipinski definition) is 1. The van der Waals surface area contributed by atoms with Gasteiger partial charge in [-0.1, -0.05) is 0 Å². The second-order valence-corrected chi connectivity index (χ2v) is 7.04. The largest absolute Gasteiger partial charge is 0.481 e. The van der Waals surface area contributed by atoms with E-state index in [1.807, 2.05) is 10.9 Å². The Kier molecular flexibility index (Phi) is 3.20. The summed E-state index contributed by atoms with van der Waals surface area (Å²) in [5.41, 5.74) is 0.595. The molecule has 0 spiro atoms. The first-order valence-corrected chi connectivity index (χ1v) is 8.18. The van der Waals surface area contributed by atoms with Gasteiger partial charge >= 0.3 is 5.97 Å². The average molecular weight is 303 g/mol. The van der Waals surface area contributed by atoms with E-state index in [0.717, 1.165) is 19.4 Å². The lowest BCUT2D eigenvalue weighted by molar-refractivity contribution is -0.148. The van der Waals surface area contributed by atoms with E-state index < -0.39 is 11.9 Å². The van der Waals surface area contributed by atoms with E-state index in [0.29, 0.717) is 30.4 Å². The number of rotatable bonds is 4. The first-order valence-electron chi connectivity index (χ1n) is 8.18. The lowest BCUT2D eigenvalue weighted by Crippen LogP contribution is -2.57. The van der Waals surface area contributed by atoms with Crippen LogP contribution in [0.5, 0.6) is 0 Å². The topological polar surface area (TPSA) is 75.4 Å². The first kappa shape index (κ1) is 13.8. The third-order valence-corrected chi connectivity index (χ3v) is 5.38. The summed E-state index contributed by atoms with van der Waals surface area (Å²) in [6, 6.07) is -0.151. The molecule has 4 aliphatic rings. The number of carbonyl (C=O) groups is 2. The lowest BCUT2D eigenvalue weighted by atomic mass is 9.72. The molecule has 2 saturated carbocycles. The van der Waals surface area contributed by atoms with Gasteiger partial charge in [0.15, 0.2) is 0 Å². The highest BCUT2D eigenvalue weighted by molar-refractivity contribution is 5.94. The highest BCUT2D eigenvalue weighted by Gasteiger charge is 2.46. The Labute approximate surface area is 129 Å². The molecular formula is C16H21N3O3. The third-order valence-electron chi connectivity index (χ3n) is 5.38. The van der Waals surface area contributed by atoms with Crippen molar-refractivity contribution in [1.29, 1.82) is 0 Å². The number of carboxylic acids is 1. The van der Waals surface area contributed by atoms with Crippen LogP contribution in [0.4, 0.5) is 0 Å². The SMILES string of the molecule is O=C(O)C1CC2CCC1N(C(=O)c1cnn(CC3CC3)c1)C2. The molecule has 5 rings (SSSR count). The molecule has 3 unspecified atom stereocenters. The molecule has 1 N–H and O–H groups in total. The molecule has 22 heavy (non-hydrogen) atoms. The molecule has 4 fully saturated rings. The standard InChI is InChI=1S/C16H21N3O3/c20-15(12-6-17-18(9-12)7-10-1-2-10)19-8-11-3-4-14(19)13(5-11)16(21)22/h6,9-11,13-14H,1-5,7-8H2,(H,21,22). The van der Waals surface area contributed by atoms with Crippen LogP contribution in [0.1, 0.15) is 42.5 Å². The van der Waals surface area contributed by atoms with Crippen LogP contribution in [0, 0.1) is 17.8 Å². The molecule has 0 radical (unpaired) electrons. The van der Waals surface area contributed by atoms with Crippen LogP contribution in [0.2, 0.25) is 0 Å². The number of hydrogen-bond acceptors (Lipinski definition) is 3. The molecule has 0 aromatic carbocycles. The Morgan fingerprint density at radius 1 is 1.27 bits per heavy atom. The van der Waals surface area contributed by atoms with Gasteiger partial charge in [-0.3, -0.25) is 14.3 Å². The average Bonchev–Trinajstić information content (AvgIpc) is 3.22. The molecule has 1 aromatic heterocycles. The van der Waals surface area contributed by atoms with Gasteiger partial charge < -0.3 is 10.0 Å². The van der Waals surface area contributed by atoms with Gasteiger partial charge in [-0.15, -0.1) is 0 Å². The summed E-state index contributed by atoms with van der Waals surface area (Å²) in [4.78, 5) is 26.0. The Morgan fingerprint density at radius 3 is 2.77 bits per heavy atom. The second kappa shape index (κ2) is 5.11. The highest BCUT2D eigenvalue weighted by Crippen LogP contribution is 2.39. The highest BCUT2D eigenvalue weighted by atomic mass is 16.4. The summed E-state index contributed by atoms with van der Waals surface area (Å²) >= 11 is 0. The predicted molar refractivity (Wildman–Crippen MR) is 78.2 cm³/mol. The summed E-state index contributed by atoms with van der Waals surface area (Å²) in [6.45, 7) is 1.58. The van der Waals surface area contributed by atoms with Gasteiger partial charge in [0.25, 0.3) is 5.91 Å². The van der Waals surface area contributed by atoms with E-state index in [4.69, 9.17) is 0 Å². The van der Waals surface area contributed by atoms with Gasteiger partial charge in [0.05, 0.1) is 17.7 Å². The summed E-state index contributed by atoms with van der Waals surface area (Å²) in [7, 11) is 0. The van der Waals surface area contributed by atoms with E-state index in [1.54, 1.807) is 11.1 Å². The monoisotopic (exact) mass is 303 g/mol. The summed E-state index contributed by atoms with van der Waals surface area (Å²) in [5, 5.41) is 13.7. The summed E-state index contributed by atoms with van der Waals surface area (Å²) in [6.07, 6.45) is 8.51. The zero-order valence-corrected chi connectivity index (χ0v) is 12.5. The maximum Gasteiger partial charge on any atom is 0.308 e. The van der Waals surface area contributed by atoms with Gasteiger partial charge in [0.2, 0.25) is 0 Å². The second-order valence-electron chi connectivity index (χ2n) is 7.04. The van der Waals surface area contributed by atoms with E-state index in [9.17, 15) is 14.7 Å². The molecule has 6 heteroatoms. The summed E-state index contributed by atoms with van der Waals surface area (Å²) < 4.78 is 1.85. The van der Waals surface area contributed by atoms with E-state index >= 15 is 0 Å². The third kappa shape index (κ3) is 2.40. The van der Waals surface area contributed by atoms with Crippen LogP contribution >= 0.6 is 0 Å². The fourth-order valence-electron chi connectivity index (χ4n) is 4.00. The van der Waals surface area contributed by atoms with Crippen molar-refractivity contribution in [3.05, 3.63) is 18.0 Å². The van der Waals surface area contributed by atoms with E-state index in [1.165, 1.54) is 12.8 Å². The van der Waals surface area contributed by atoms with Crippen molar-refractivity contribution in [1.82, 2.24) is 14.7 Å². The normalized spacial score (nSPS) is 30.5. The Hall–Kier alpha value is -1.85. The number of amides is 1. The van der Waals surface area contributed by atoms with Crippen LogP contribution < -0.4 is 0 Å². The molecular weight excluding hydrogens is 282 g/mol. The van der Waals surface area contributed by atoms with Gasteiger partial charge in [0, 0.05) is 25.3 Å². The van der Waals surface area contributed by atoms with Crippen LogP contribution in [0.3, 0.4) is 0 Å². The van der Waals surface area contributed by atoms with Crippen molar-refractivity contribution in [3.8, 4) is 0 Å². The van der Waals surface area contributed by atoms with Crippen LogP contribution in [0.25, 0.3) is 0 Å². The van der Waals surface area contributed by atoms with Crippen LogP contribution in [-0.4, -0.2) is 44.3 Å². The maximum absolute atomic E-state index is 12.8. The van der Waals surface area contributed by atoms with Crippen molar-refractivity contribution >= 4 is 11.9 Å². The Morgan fingerprint density at radius 2 is 2.09 bits per heavy atom. The number of piperidine rings is 2. The van der Waals surface area contributed by atoms with Gasteiger partial charge in [-0.2, -0.15) is 5.10 Å². The molecule has 1 amide bonds. The number of aliphatic carboxylic acids is 1. The minimum atomic E-state index is -0.767. The minimum Gasteiger partial charge on any atom is -0.481 e. The first-order chi connectivity index (χ1) is 10.6. The van der Waals surface area contributed by atoms with Crippen molar-refractivity contribution < 1.29 is 14.7 Å². The number of nitrogens with zero attached hydrogens (tertiary/aromatic N) is 3. The molecule has 1 aromatic rings. The fourth-order valence-corrected chi connectivity index (χ4v) is 4.00. The molecule has 6 nitrogen and oxygen atoms in total. The molecule has 118 valence electrons. The number of aromatic nitrogens is 2. The van der Waals surface area contributed by atoms with Gasteiger partial charge in [-0.25, -0.2) is 0 Å². The van der Waals surface area contributed by atoms with E-state index in [2.05, 4.69) is 5.10 Å². The Bertz CT molecular complexity index is 608. The lowest BCUT2D eigenvalue weighted by Gasteiger charge is -2.48. The van der Waals surface area contributed by atoms with Crippen molar-refractivity contribution in [3.63, 3.8) is 0 Å². The zero-order valence-electron chi connectivity index (χ0n) is 12.5. The quantitative estimate of drug-likeness (QED) is 0.917. The fraction of sp³-hybridized carbons (Fsp3) is 0.688. The number of carbonyl (C=O) groups excluding carboxylic acids is 1. The van der Waals surface area contributed by atoms with Crippen molar-refractivity contribution in [2.45, 2.75) is 44.7 Å². The number of carboxylic acid groups (broad SMARTS) is 1. The minimum absolute atomic E-state index is 0.0531. The zero-order chi connectivity index (χ0) is 15.3. The van der Waals surface area contributed by atoms with Crippen molar-refractivity contribution in [2.24, 2.45) is 17.8 Å². The van der Waals surface area contributed by atoms with Crippen LogP contribution in [0.15, 0.2) is 12.4 Å².